The summed E-state index contributed by atoms with van der Waals surface area (Å²) >= 11 is 0. The minimum atomic E-state index is 0.0502. The molecular weight excluding hydrogens is 252 g/mol. The highest BCUT2D eigenvalue weighted by Gasteiger charge is 2.07. The maximum absolute atomic E-state index is 11.6. The molecule has 1 rings (SSSR count). The average molecular weight is 278 g/mol. The van der Waals surface area contributed by atoms with Gasteiger partial charge in [0.05, 0.1) is 6.54 Å². The molecule has 4 heteroatoms. The zero-order valence-electron chi connectivity index (χ0n) is 12.7. The number of carbonyl (C=O) groups is 1. The second-order valence-corrected chi connectivity index (χ2v) is 4.92. The second kappa shape index (κ2) is 9.37. The Morgan fingerprint density at radius 2 is 2.05 bits per heavy atom. The van der Waals surface area contributed by atoms with Crippen molar-refractivity contribution < 1.29 is 9.53 Å². The van der Waals surface area contributed by atoms with Gasteiger partial charge in [-0.1, -0.05) is 26.0 Å². The van der Waals surface area contributed by atoms with Crippen LogP contribution < -0.4 is 15.4 Å². The van der Waals surface area contributed by atoms with E-state index in [2.05, 4.69) is 24.5 Å². The number of hydrogen-bond acceptors (Lipinski definition) is 3. The van der Waals surface area contributed by atoms with E-state index < -0.39 is 0 Å². The van der Waals surface area contributed by atoms with Crippen molar-refractivity contribution in [2.75, 3.05) is 19.7 Å². The van der Waals surface area contributed by atoms with Gasteiger partial charge < -0.3 is 15.4 Å². The lowest BCUT2D eigenvalue weighted by atomic mass is 10.2. The lowest BCUT2D eigenvalue weighted by Crippen LogP contribution is -2.40. The third-order valence-electron chi connectivity index (χ3n) is 3.17. The van der Waals surface area contributed by atoms with Crippen molar-refractivity contribution in [1.82, 2.24) is 10.6 Å². The molecule has 0 aliphatic rings. The number of carbonyl (C=O) groups excluding carboxylic acids is 1. The van der Waals surface area contributed by atoms with Crippen LogP contribution in [0.3, 0.4) is 0 Å². The summed E-state index contributed by atoms with van der Waals surface area (Å²) in [5.74, 6) is 0.919. The van der Waals surface area contributed by atoms with Crippen LogP contribution in [-0.4, -0.2) is 31.6 Å². The quantitative estimate of drug-likeness (QED) is 0.681. The van der Waals surface area contributed by atoms with Crippen molar-refractivity contribution in [2.45, 2.75) is 39.7 Å². The van der Waals surface area contributed by atoms with Gasteiger partial charge >= 0.3 is 0 Å². The number of nitrogens with one attached hydrogen (secondary N) is 2. The number of amides is 1. The number of rotatable bonds is 9. The molecule has 0 heterocycles. The molecular formula is C16H26N2O2. The molecule has 0 aliphatic heterocycles. The van der Waals surface area contributed by atoms with Crippen molar-refractivity contribution in [3.8, 4) is 5.75 Å². The molecule has 0 saturated heterocycles. The smallest absolute Gasteiger partial charge is 0.234 e. The van der Waals surface area contributed by atoms with Crippen LogP contribution in [0.5, 0.6) is 5.75 Å². The Bertz CT molecular complexity index is 403. The van der Waals surface area contributed by atoms with Gasteiger partial charge in [-0.2, -0.15) is 0 Å². The second-order valence-electron chi connectivity index (χ2n) is 4.92. The standard InChI is InChI=1S/C16H26N2O2/c1-4-14(5-2)18-16(19)12-17-9-10-20-15-8-6-7-13(3)11-15/h6-8,11,14,17H,4-5,9-10,12H2,1-3H3,(H,18,19). The lowest BCUT2D eigenvalue weighted by Gasteiger charge is -2.15. The van der Waals surface area contributed by atoms with E-state index in [-0.39, 0.29) is 11.9 Å². The molecule has 0 saturated carbocycles. The predicted molar refractivity (Wildman–Crippen MR) is 82.1 cm³/mol. The highest BCUT2D eigenvalue weighted by Crippen LogP contribution is 2.11. The minimum Gasteiger partial charge on any atom is -0.492 e. The van der Waals surface area contributed by atoms with Crippen molar-refractivity contribution in [2.24, 2.45) is 0 Å². The van der Waals surface area contributed by atoms with Gasteiger partial charge in [0.15, 0.2) is 0 Å². The van der Waals surface area contributed by atoms with Crippen LogP contribution in [-0.2, 0) is 4.79 Å². The van der Waals surface area contributed by atoms with Crippen LogP contribution in [0.15, 0.2) is 24.3 Å². The molecule has 2 N–H and O–H groups in total. The summed E-state index contributed by atoms with van der Waals surface area (Å²) < 4.78 is 5.60. The van der Waals surface area contributed by atoms with Crippen molar-refractivity contribution in [3.63, 3.8) is 0 Å². The van der Waals surface area contributed by atoms with Gasteiger partial charge in [0.2, 0.25) is 5.91 Å². The van der Waals surface area contributed by atoms with Crippen molar-refractivity contribution in [3.05, 3.63) is 29.8 Å². The third kappa shape index (κ3) is 6.57. The zero-order valence-corrected chi connectivity index (χ0v) is 12.7. The molecule has 1 aromatic rings. The first kappa shape index (κ1) is 16.5. The van der Waals surface area contributed by atoms with Crippen LogP contribution in [0.2, 0.25) is 0 Å². The average Bonchev–Trinajstić information content (AvgIpc) is 2.44. The van der Waals surface area contributed by atoms with Gasteiger partial charge in [-0.25, -0.2) is 0 Å². The fraction of sp³-hybridized carbons (Fsp3) is 0.562. The zero-order chi connectivity index (χ0) is 14.8. The van der Waals surface area contributed by atoms with Gasteiger partial charge in [-0.3, -0.25) is 4.79 Å². The number of ether oxygens (including phenoxy) is 1. The summed E-state index contributed by atoms with van der Waals surface area (Å²) in [4.78, 5) is 11.6. The van der Waals surface area contributed by atoms with E-state index >= 15 is 0 Å². The highest BCUT2D eigenvalue weighted by molar-refractivity contribution is 5.78. The van der Waals surface area contributed by atoms with Gasteiger partial charge in [0.1, 0.15) is 12.4 Å². The molecule has 0 aliphatic carbocycles. The first-order chi connectivity index (χ1) is 9.65. The molecule has 112 valence electrons. The molecule has 1 aromatic carbocycles. The summed E-state index contributed by atoms with van der Waals surface area (Å²) in [5.41, 5.74) is 1.18. The molecule has 0 aromatic heterocycles. The molecule has 20 heavy (non-hydrogen) atoms. The first-order valence-electron chi connectivity index (χ1n) is 7.35. The minimum absolute atomic E-state index is 0.0502. The first-order valence-corrected chi connectivity index (χ1v) is 7.35. The fourth-order valence-corrected chi connectivity index (χ4v) is 1.92. The molecule has 0 atom stereocenters. The molecule has 4 nitrogen and oxygen atoms in total. The number of aryl methyl sites for hydroxylation is 1. The van der Waals surface area contributed by atoms with Crippen molar-refractivity contribution in [1.29, 1.82) is 0 Å². The Morgan fingerprint density at radius 1 is 1.30 bits per heavy atom. The summed E-state index contributed by atoms with van der Waals surface area (Å²) in [6, 6.07) is 8.23. The Balaban J connectivity index is 2.11. The Morgan fingerprint density at radius 3 is 2.70 bits per heavy atom. The van der Waals surface area contributed by atoms with Gasteiger partial charge in [0, 0.05) is 12.6 Å². The lowest BCUT2D eigenvalue weighted by molar-refractivity contribution is -0.121. The van der Waals surface area contributed by atoms with Gasteiger partial charge in [0.25, 0.3) is 0 Å². The van der Waals surface area contributed by atoms with Gasteiger partial charge in [-0.05, 0) is 37.5 Å². The molecule has 0 spiro atoms. The number of hydrogen-bond donors (Lipinski definition) is 2. The van der Waals surface area contributed by atoms with Crippen LogP contribution in [0.25, 0.3) is 0 Å². The van der Waals surface area contributed by atoms with Crippen LogP contribution >= 0.6 is 0 Å². The van der Waals surface area contributed by atoms with Crippen molar-refractivity contribution >= 4 is 5.91 Å². The van der Waals surface area contributed by atoms with Crippen LogP contribution in [0.4, 0.5) is 0 Å². The Labute approximate surface area is 121 Å². The molecule has 0 radical (unpaired) electrons. The largest absolute Gasteiger partial charge is 0.492 e. The summed E-state index contributed by atoms with van der Waals surface area (Å²) in [6.45, 7) is 7.75. The third-order valence-corrected chi connectivity index (χ3v) is 3.17. The Hall–Kier alpha value is -1.55. The summed E-state index contributed by atoms with van der Waals surface area (Å²) in [6.07, 6.45) is 1.94. The van der Waals surface area contributed by atoms with E-state index in [0.717, 1.165) is 18.6 Å². The topological polar surface area (TPSA) is 50.4 Å². The highest BCUT2D eigenvalue weighted by atomic mass is 16.5. The maximum atomic E-state index is 11.6. The monoisotopic (exact) mass is 278 g/mol. The summed E-state index contributed by atoms with van der Waals surface area (Å²) in [5, 5.41) is 6.08. The summed E-state index contributed by atoms with van der Waals surface area (Å²) in [7, 11) is 0. The van der Waals surface area contributed by atoms with E-state index in [1.165, 1.54) is 5.56 Å². The van der Waals surface area contributed by atoms with E-state index in [9.17, 15) is 4.79 Å². The predicted octanol–water partition coefficient (Wildman–Crippen LogP) is 2.27. The normalized spacial score (nSPS) is 10.6. The van der Waals surface area contributed by atoms with E-state index in [1.807, 2.05) is 31.2 Å². The maximum Gasteiger partial charge on any atom is 0.234 e. The SMILES string of the molecule is CCC(CC)NC(=O)CNCCOc1cccc(C)c1. The molecule has 0 fully saturated rings. The fourth-order valence-electron chi connectivity index (χ4n) is 1.92. The van der Waals surface area contributed by atoms with E-state index in [1.54, 1.807) is 0 Å². The molecule has 0 unspecified atom stereocenters. The Kier molecular flexibility index (Phi) is 7.73. The number of benzene rings is 1. The van der Waals surface area contributed by atoms with Crippen LogP contribution in [0, 0.1) is 6.92 Å². The van der Waals surface area contributed by atoms with E-state index in [4.69, 9.17) is 4.74 Å². The molecule has 1 amide bonds. The van der Waals surface area contributed by atoms with Gasteiger partial charge in [-0.15, -0.1) is 0 Å². The van der Waals surface area contributed by atoms with Crippen LogP contribution in [0.1, 0.15) is 32.3 Å². The van der Waals surface area contributed by atoms with E-state index in [0.29, 0.717) is 19.7 Å². The molecule has 0 bridgehead atoms.